The number of nitrogens with zero attached hydrogens (tertiary/aromatic N) is 1. The van der Waals surface area contributed by atoms with Crippen LogP contribution in [-0.4, -0.2) is 17.1 Å². The summed E-state index contributed by atoms with van der Waals surface area (Å²) < 4.78 is 24.8. The minimum absolute atomic E-state index is 0.323. The number of H-pyrrole nitrogens is 1. The molecule has 118 valence electrons. The number of benzene rings is 1. The Balaban J connectivity index is 2.01. The first-order valence-electron chi connectivity index (χ1n) is 7.29. The number of methoxy groups -OCH3 is 1. The maximum Gasteiger partial charge on any atom is 0.241 e. The van der Waals surface area contributed by atoms with Gasteiger partial charge in [-0.05, 0) is 19.1 Å². The van der Waals surface area contributed by atoms with Crippen LogP contribution in [0.25, 0.3) is 11.4 Å². The van der Waals surface area contributed by atoms with Crippen LogP contribution in [0.5, 0.6) is 5.88 Å². The van der Waals surface area contributed by atoms with Crippen LogP contribution in [0.15, 0.2) is 60.1 Å². The molecule has 3 rings (SSSR count). The van der Waals surface area contributed by atoms with E-state index in [4.69, 9.17) is 9.47 Å². The van der Waals surface area contributed by atoms with Crippen molar-refractivity contribution in [2.24, 2.45) is 0 Å². The fraction of sp³-hybridized carbons (Fsp3) is 0.167. The molecule has 1 aromatic heterocycles. The molecular weight excluding hydrogens is 295 g/mol. The van der Waals surface area contributed by atoms with Gasteiger partial charge in [-0.3, -0.25) is 0 Å². The standard InChI is InChI=1S/C18H17FN2O2/c1-3-4-7-12-10-15-18(23-16(12)11-22-2)21-17(20-15)13-8-5-6-9-14(13)19/h3-9,11H,10H2,1-2H3,(H,20,21)/b4-3-,12-7-,16-11-. The van der Waals surface area contributed by atoms with Crippen molar-refractivity contribution in [2.45, 2.75) is 13.3 Å². The average molecular weight is 312 g/mol. The van der Waals surface area contributed by atoms with Crippen LogP contribution in [0.3, 0.4) is 0 Å². The zero-order chi connectivity index (χ0) is 16.2. The minimum atomic E-state index is -0.323. The predicted molar refractivity (Wildman–Crippen MR) is 86.3 cm³/mol. The Labute approximate surface area is 134 Å². The third-order valence-electron chi connectivity index (χ3n) is 3.47. The van der Waals surface area contributed by atoms with Crippen molar-refractivity contribution in [3.63, 3.8) is 0 Å². The number of aromatic nitrogens is 2. The van der Waals surface area contributed by atoms with E-state index in [1.165, 1.54) is 12.3 Å². The van der Waals surface area contributed by atoms with Crippen LogP contribution in [0.2, 0.25) is 0 Å². The predicted octanol–water partition coefficient (Wildman–Crippen LogP) is 4.14. The van der Waals surface area contributed by atoms with Crippen molar-refractivity contribution in [1.29, 1.82) is 0 Å². The van der Waals surface area contributed by atoms with Gasteiger partial charge in [0.15, 0.2) is 5.76 Å². The highest BCUT2D eigenvalue weighted by atomic mass is 19.1. The van der Waals surface area contributed by atoms with E-state index in [0.29, 0.717) is 29.4 Å². The van der Waals surface area contributed by atoms with Crippen molar-refractivity contribution < 1.29 is 13.9 Å². The zero-order valence-electron chi connectivity index (χ0n) is 13.0. The zero-order valence-corrected chi connectivity index (χ0v) is 13.0. The lowest BCUT2D eigenvalue weighted by Crippen LogP contribution is -2.10. The van der Waals surface area contributed by atoms with Gasteiger partial charge in [-0.25, -0.2) is 4.39 Å². The molecule has 0 saturated carbocycles. The molecular formula is C18H17FN2O2. The van der Waals surface area contributed by atoms with Crippen LogP contribution in [0.4, 0.5) is 4.39 Å². The number of allylic oxidation sites excluding steroid dienone is 4. The van der Waals surface area contributed by atoms with Gasteiger partial charge in [-0.2, -0.15) is 4.98 Å². The molecule has 2 aromatic rings. The van der Waals surface area contributed by atoms with Crippen molar-refractivity contribution in [1.82, 2.24) is 9.97 Å². The Morgan fingerprint density at radius 2 is 2.17 bits per heavy atom. The SMILES string of the molecule is C\C=C/C=C1/Cc2[nH]c(-c3ccccc3F)nc2O/C1=C\OC. The molecule has 0 amide bonds. The second-order valence-electron chi connectivity index (χ2n) is 5.06. The Bertz CT molecular complexity index is 803. The molecule has 0 radical (unpaired) electrons. The molecule has 0 aliphatic carbocycles. The molecule has 0 spiro atoms. The van der Waals surface area contributed by atoms with Gasteiger partial charge >= 0.3 is 0 Å². The van der Waals surface area contributed by atoms with E-state index in [1.807, 2.05) is 25.2 Å². The molecule has 1 aliphatic rings. The van der Waals surface area contributed by atoms with Crippen molar-refractivity contribution in [2.75, 3.05) is 7.11 Å². The third-order valence-corrected chi connectivity index (χ3v) is 3.47. The van der Waals surface area contributed by atoms with Crippen molar-refractivity contribution in [3.05, 3.63) is 71.6 Å². The normalized spacial score (nSPS) is 17.5. The number of aromatic amines is 1. The maximum absolute atomic E-state index is 13.9. The first-order valence-corrected chi connectivity index (χ1v) is 7.29. The molecule has 1 aromatic carbocycles. The lowest BCUT2D eigenvalue weighted by molar-refractivity contribution is 0.299. The van der Waals surface area contributed by atoms with Gasteiger partial charge in [0.25, 0.3) is 0 Å². The fourth-order valence-corrected chi connectivity index (χ4v) is 2.39. The first kappa shape index (κ1) is 15.1. The topological polar surface area (TPSA) is 47.1 Å². The average Bonchev–Trinajstić information content (AvgIpc) is 2.96. The summed E-state index contributed by atoms with van der Waals surface area (Å²) in [4.78, 5) is 7.52. The summed E-state index contributed by atoms with van der Waals surface area (Å²) in [7, 11) is 1.56. The second-order valence-corrected chi connectivity index (χ2v) is 5.06. The highest BCUT2D eigenvalue weighted by Crippen LogP contribution is 2.33. The van der Waals surface area contributed by atoms with E-state index in [2.05, 4.69) is 9.97 Å². The minimum Gasteiger partial charge on any atom is -0.500 e. The van der Waals surface area contributed by atoms with Gasteiger partial charge in [0.05, 0.1) is 18.4 Å². The van der Waals surface area contributed by atoms with Gasteiger partial charge in [0.1, 0.15) is 17.9 Å². The summed E-state index contributed by atoms with van der Waals surface area (Å²) in [5, 5.41) is 0. The number of rotatable bonds is 3. The summed E-state index contributed by atoms with van der Waals surface area (Å²) in [6.45, 7) is 1.94. The lowest BCUT2D eigenvalue weighted by Gasteiger charge is -2.17. The number of imidazole rings is 1. The molecule has 4 nitrogen and oxygen atoms in total. The van der Waals surface area contributed by atoms with Gasteiger partial charge in [0, 0.05) is 12.0 Å². The Morgan fingerprint density at radius 1 is 1.35 bits per heavy atom. The molecule has 23 heavy (non-hydrogen) atoms. The Hall–Kier alpha value is -2.82. The van der Waals surface area contributed by atoms with Crippen LogP contribution >= 0.6 is 0 Å². The van der Waals surface area contributed by atoms with E-state index in [0.717, 1.165) is 11.3 Å². The number of ether oxygens (including phenoxy) is 2. The molecule has 1 aliphatic heterocycles. The number of nitrogens with one attached hydrogen (secondary N) is 1. The number of hydrogen-bond donors (Lipinski definition) is 1. The molecule has 0 fully saturated rings. The fourth-order valence-electron chi connectivity index (χ4n) is 2.39. The van der Waals surface area contributed by atoms with Gasteiger partial charge in [0.2, 0.25) is 5.88 Å². The summed E-state index contributed by atoms with van der Waals surface area (Å²) in [5.74, 6) is 1.18. The highest BCUT2D eigenvalue weighted by molar-refractivity contribution is 5.59. The third kappa shape index (κ3) is 3.04. The monoisotopic (exact) mass is 312 g/mol. The quantitative estimate of drug-likeness (QED) is 0.866. The Morgan fingerprint density at radius 3 is 2.91 bits per heavy atom. The van der Waals surface area contributed by atoms with E-state index >= 15 is 0 Å². The molecule has 0 unspecified atom stereocenters. The van der Waals surface area contributed by atoms with Gasteiger partial charge in [-0.15, -0.1) is 0 Å². The molecule has 5 heteroatoms. The summed E-state index contributed by atoms with van der Waals surface area (Å²) in [6, 6.07) is 6.51. The van der Waals surface area contributed by atoms with E-state index in [-0.39, 0.29) is 5.82 Å². The van der Waals surface area contributed by atoms with E-state index in [1.54, 1.807) is 25.3 Å². The molecule has 2 heterocycles. The maximum atomic E-state index is 13.9. The first-order chi connectivity index (χ1) is 11.2. The number of fused-ring (bicyclic) bond motifs is 1. The second kappa shape index (κ2) is 6.52. The Kier molecular flexibility index (Phi) is 4.28. The van der Waals surface area contributed by atoms with Gasteiger partial charge < -0.3 is 14.5 Å². The van der Waals surface area contributed by atoms with Crippen LogP contribution < -0.4 is 4.74 Å². The van der Waals surface area contributed by atoms with E-state index < -0.39 is 0 Å². The summed E-state index contributed by atoms with van der Waals surface area (Å²) in [5.41, 5.74) is 2.19. The van der Waals surface area contributed by atoms with Crippen LogP contribution in [-0.2, 0) is 11.2 Å². The molecule has 1 N–H and O–H groups in total. The molecule has 0 bridgehead atoms. The highest BCUT2D eigenvalue weighted by Gasteiger charge is 2.24. The van der Waals surface area contributed by atoms with Crippen molar-refractivity contribution >= 4 is 0 Å². The molecule has 0 saturated heterocycles. The van der Waals surface area contributed by atoms with Crippen LogP contribution in [0, 0.1) is 5.82 Å². The van der Waals surface area contributed by atoms with Gasteiger partial charge in [-0.1, -0.05) is 30.4 Å². The number of halogens is 1. The number of hydrogen-bond acceptors (Lipinski definition) is 3. The van der Waals surface area contributed by atoms with E-state index in [9.17, 15) is 4.39 Å². The molecule has 0 atom stereocenters. The lowest BCUT2D eigenvalue weighted by atomic mass is 10.1. The van der Waals surface area contributed by atoms with Crippen molar-refractivity contribution in [3.8, 4) is 17.3 Å². The largest absolute Gasteiger partial charge is 0.500 e. The smallest absolute Gasteiger partial charge is 0.241 e. The summed E-state index contributed by atoms with van der Waals surface area (Å²) >= 11 is 0. The summed E-state index contributed by atoms with van der Waals surface area (Å²) in [6.07, 6.45) is 7.97. The van der Waals surface area contributed by atoms with Crippen LogP contribution in [0.1, 0.15) is 12.6 Å².